The quantitative estimate of drug-likeness (QED) is 0.725. The summed E-state index contributed by atoms with van der Waals surface area (Å²) in [6.07, 6.45) is 1.31. The lowest BCUT2D eigenvalue weighted by atomic mass is 10.3. The summed E-state index contributed by atoms with van der Waals surface area (Å²) in [6.45, 7) is 3.43. The number of nitrogens with zero attached hydrogens (tertiary/aromatic N) is 1. The van der Waals surface area contributed by atoms with Crippen LogP contribution in [0.5, 0.6) is 0 Å². The van der Waals surface area contributed by atoms with Gasteiger partial charge >= 0.3 is 0 Å². The van der Waals surface area contributed by atoms with Crippen molar-refractivity contribution in [3.63, 3.8) is 0 Å². The van der Waals surface area contributed by atoms with E-state index >= 15 is 0 Å². The Morgan fingerprint density at radius 1 is 1.42 bits per heavy atom. The van der Waals surface area contributed by atoms with E-state index in [1.807, 2.05) is 6.07 Å². The molecule has 0 amide bonds. The van der Waals surface area contributed by atoms with Crippen molar-refractivity contribution in [1.82, 2.24) is 0 Å². The maximum absolute atomic E-state index is 10.7. The molecule has 0 saturated carbocycles. The maximum Gasteiger partial charge on any atom is 0.266 e. The topological polar surface area (TPSA) is 40.5 Å². The van der Waals surface area contributed by atoms with Crippen LogP contribution in [-0.4, -0.2) is 8.76 Å². The minimum absolute atomic E-state index is 0.647. The Hall–Kier alpha value is -1.13. The molecule has 0 aliphatic carbocycles. The van der Waals surface area contributed by atoms with Crippen LogP contribution in [0.4, 0.5) is 5.69 Å². The molecule has 1 N–H and O–H groups in total. The monoisotopic (exact) mass is 183 g/mol. The van der Waals surface area contributed by atoms with Crippen molar-refractivity contribution in [2.45, 2.75) is 0 Å². The molecule has 0 aromatic heterocycles. The number of hydrogen-bond donors (Lipinski definition) is 1. The summed E-state index contributed by atoms with van der Waals surface area (Å²) >= 11 is -2.04. The van der Waals surface area contributed by atoms with Crippen LogP contribution in [0.1, 0.15) is 0 Å². The average molecular weight is 183 g/mol. The molecule has 0 aliphatic heterocycles. The molecular formula is C8H9NO2S. The third-order valence-electron chi connectivity index (χ3n) is 1.34. The van der Waals surface area contributed by atoms with Gasteiger partial charge in [-0.25, -0.2) is 8.51 Å². The summed E-state index contributed by atoms with van der Waals surface area (Å²) < 4.78 is 20.7. The Morgan fingerprint density at radius 3 is 2.42 bits per heavy atom. The first-order valence-corrected chi connectivity index (χ1v) is 4.40. The molecule has 3 nitrogen and oxygen atoms in total. The highest BCUT2D eigenvalue weighted by atomic mass is 32.2. The number of rotatable bonds is 3. The normalized spacial score (nSPS) is 12.1. The fourth-order valence-corrected chi connectivity index (χ4v) is 1.26. The van der Waals surface area contributed by atoms with Gasteiger partial charge in [0.25, 0.3) is 11.3 Å². The minimum Gasteiger partial charge on any atom is -0.289 e. The first-order valence-electron chi connectivity index (χ1n) is 3.33. The molecule has 1 aromatic rings. The summed E-state index contributed by atoms with van der Waals surface area (Å²) in [6, 6.07) is 8.88. The minimum atomic E-state index is -2.04. The van der Waals surface area contributed by atoms with E-state index in [9.17, 15) is 4.21 Å². The number of hydrogen-bond acceptors (Lipinski definition) is 1. The lowest BCUT2D eigenvalue weighted by Gasteiger charge is -2.13. The molecule has 1 atom stereocenters. The second kappa shape index (κ2) is 4.04. The third-order valence-corrected chi connectivity index (χ3v) is 2.04. The van der Waals surface area contributed by atoms with Crippen LogP contribution in [0, 0.1) is 0 Å². The van der Waals surface area contributed by atoms with Crippen molar-refractivity contribution in [1.29, 1.82) is 0 Å². The largest absolute Gasteiger partial charge is 0.289 e. The van der Waals surface area contributed by atoms with Gasteiger partial charge in [-0.15, -0.1) is 0 Å². The van der Waals surface area contributed by atoms with Crippen LogP contribution in [0.15, 0.2) is 43.1 Å². The SMILES string of the molecule is C=CN(c1ccccc1)S(=O)O. The fourth-order valence-electron chi connectivity index (χ4n) is 0.834. The van der Waals surface area contributed by atoms with Crippen molar-refractivity contribution in [3.8, 4) is 0 Å². The summed E-state index contributed by atoms with van der Waals surface area (Å²) in [7, 11) is 0. The predicted octanol–water partition coefficient (Wildman–Crippen LogP) is 1.77. The molecule has 0 radical (unpaired) electrons. The average Bonchev–Trinajstić information content (AvgIpc) is 2.07. The van der Waals surface area contributed by atoms with Crippen LogP contribution in [0.2, 0.25) is 0 Å². The summed E-state index contributed by atoms with van der Waals surface area (Å²) in [5.74, 6) is 0. The number of benzene rings is 1. The van der Waals surface area contributed by atoms with E-state index in [4.69, 9.17) is 4.55 Å². The maximum atomic E-state index is 10.7. The van der Waals surface area contributed by atoms with Gasteiger partial charge in [0.05, 0.1) is 5.69 Å². The van der Waals surface area contributed by atoms with Gasteiger partial charge < -0.3 is 0 Å². The molecule has 1 unspecified atom stereocenters. The Morgan fingerprint density at radius 2 is 2.00 bits per heavy atom. The molecule has 0 heterocycles. The molecule has 0 spiro atoms. The standard InChI is InChI=1S/C8H9NO2S/c1-2-9(12(10)11)8-6-4-3-5-7-8/h2-7H,1H2,(H,10,11). The second-order valence-electron chi connectivity index (χ2n) is 2.07. The van der Waals surface area contributed by atoms with Gasteiger partial charge in [0.2, 0.25) is 0 Å². The van der Waals surface area contributed by atoms with E-state index in [0.29, 0.717) is 5.69 Å². The molecule has 64 valence electrons. The van der Waals surface area contributed by atoms with Crippen LogP contribution in [-0.2, 0) is 11.3 Å². The van der Waals surface area contributed by atoms with Crippen molar-refractivity contribution in [3.05, 3.63) is 43.1 Å². The molecule has 4 heteroatoms. The van der Waals surface area contributed by atoms with Crippen molar-refractivity contribution < 1.29 is 8.76 Å². The van der Waals surface area contributed by atoms with Gasteiger partial charge in [0.1, 0.15) is 0 Å². The van der Waals surface area contributed by atoms with Crippen LogP contribution in [0.25, 0.3) is 0 Å². The Labute approximate surface area is 73.7 Å². The van der Waals surface area contributed by atoms with E-state index in [-0.39, 0.29) is 0 Å². The number of para-hydroxylation sites is 1. The highest BCUT2D eigenvalue weighted by Crippen LogP contribution is 2.13. The Kier molecular flexibility index (Phi) is 3.01. The first-order chi connectivity index (χ1) is 5.75. The Balaban J connectivity index is 2.95. The van der Waals surface area contributed by atoms with E-state index in [0.717, 1.165) is 0 Å². The van der Waals surface area contributed by atoms with Gasteiger partial charge in [-0.05, 0) is 12.1 Å². The first kappa shape index (κ1) is 8.96. The summed E-state index contributed by atoms with van der Waals surface area (Å²) in [5.41, 5.74) is 0.647. The highest BCUT2D eigenvalue weighted by molar-refractivity contribution is 7.80. The smallest absolute Gasteiger partial charge is 0.266 e. The van der Waals surface area contributed by atoms with Crippen LogP contribution in [0.3, 0.4) is 0 Å². The van der Waals surface area contributed by atoms with Crippen molar-refractivity contribution >= 4 is 17.0 Å². The second-order valence-corrected chi connectivity index (χ2v) is 2.93. The predicted molar refractivity (Wildman–Crippen MR) is 49.9 cm³/mol. The molecular weight excluding hydrogens is 174 g/mol. The highest BCUT2D eigenvalue weighted by Gasteiger charge is 2.05. The lowest BCUT2D eigenvalue weighted by Crippen LogP contribution is -2.17. The molecule has 0 saturated heterocycles. The molecule has 0 fully saturated rings. The summed E-state index contributed by atoms with van der Waals surface area (Å²) in [5, 5.41) is 0. The van der Waals surface area contributed by atoms with Crippen molar-refractivity contribution in [2.24, 2.45) is 0 Å². The van der Waals surface area contributed by atoms with Crippen molar-refractivity contribution in [2.75, 3.05) is 4.31 Å². The van der Waals surface area contributed by atoms with Crippen LogP contribution < -0.4 is 4.31 Å². The van der Waals surface area contributed by atoms with Gasteiger partial charge in [-0.1, -0.05) is 24.8 Å². The molecule has 0 bridgehead atoms. The fraction of sp³-hybridized carbons (Fsp3) is 0. The van der Waals surface area contributed by atoms with E-state index in [1.54, 1.807) is 24.3 Å². The lowest BCUT2D eigenvalue weighted by molar-refractivity contribution is 0.564. The molecule has 1 aromatic carbocycles. The third kappa shape index (κ3) is 1.93. The van der Waals surface area contributed by atoms with E-state index < -0.39 is 11.3 Å². The van der Waals surface area contributed by atoms with Gasteiger partial charge in [-0.2, -0.15) is 0 Å². The van der Waals surface area contributed by atoms with Gasteiger partial charge in [-0.3, -0.25) is 4.55 Å². The number of anilines is 1. The Bertz CT molecular complexity index is 286. The molecule has 12 heavy (non-hydrogen) atoms. The van der Waals surface area contributed by atoms with E-state index in [2.05, 4.69) is 6.58 Å². The van der Waals surface area contributed by atoms with E-state index in [1.165, 1.54) is 10.5 Å². The zero-order valence-electron chi connectivity index (χ0n) is 6.38. The molecule has 0 aliphatic rings. The zero-order valence-corrected chi connectivity index (χ0v) is 7.20. The van der Waals surface area contributed by atoms with Crippen LogP contribution >= 0.6 is 0 Å². The van der Waals surface area contributed by atoms with Gasteiger partial charge in [0, 0.05) is 6.20 Å². The summed E-state index contributed by atoms with van der Waals surface area (Å²) in [4.78, 5) is 0. The molecule has 1 rings (SSSR count). The van der Waals surface area contributed by atoms with Gasteiger partial charge in [0.15, 0.2) is 0 Å². The zero-order chi connectivity index (χ0) is 8.97.